The summed E-state index contributed by atoms with van der Waals surface area (Å²) in [6, 6.07) is 2.14. The van der Waals surface area contributed by atoms with Crippen LogP contribution in [0.5, 0.6) is 0 Å². The molecule has 1 fully saturated rings. The largest absolute Gasteiger partial charge is 0.506 e. The minimum atomic E-state index is -0.304. The summed E-state index contributed by atoms with van der Waals surface area (Å²) in [5, 5.41) is 17.0. The smallest absolute Gasteiger partial charge is 0.136 e. The maximum atomic E-state index is 12.2. The highest BCUT2D eigenvalue weighted by Gasteiger charge is 2.13. The Labute approximate surface area is 93.8 Å². The summed E-state index contributed by atoms with van der Waals surface area (Å²) >= 11 is 0. The Morgan fingerprint density at radius 1 is 1.56 bits per heavy atom. The van der Waals surface area contributed by atoms with E-state index < -0.39 is 0 Å². The molecule has 2 aliphatic rings. The van der Waals surface area contributed by atoms with Crippen molar-refractivity contribution < 1.29 is 14.2 Å². The molecule has 3 N–H and O–H groups in total. The van der Waals surface area contributed by atoms with Crippen LogP contribution in [0.2, 0.25) is 0 Å². The monoisotopic (exact) mass is 226 g/mol. The predicted molar refractivity (Wildman–Crippen MR) is 56.8 cm³/mol. The summed E-state index contributed by atoms with van der Waals surface area (Å²) in [4.78, 5) is 0. The number of hydrogen-bond donors (Lipinski definition) is 2. The van der Waals surface area contributed by atoms with E-state index in [1.54, 1.807) is 0 Å². The molecule has 88 valence electrons. The summed E-state index contributed by atoms with van der Waals surface area (Å²) < 4.78 is 17.1. The van der Waals surface area contributed by atoms with Gasteiger partial charge in [0.05, 0.1) is 24.3 Å². The SMILES string of the molecule is N#CC1CCOC1.NC1=C(O)C=C(F)CC1. The lowest BCUT2D eigenvalue weighted by Gasteiger charge is -2.07. The number of hydrogen-bond acceptors (Lipinski definition) is 4. The highest BCUT2D eigenvalue weighted by Crippen LogP contribution is 2.19. The molecule has 0 radical (unpaired) electrons. The van der Waals surface area contributed by atoms with Gasteiger partial charge >= 0.3 is 0 Å². The third kappa shape index (κ3) is 3.91. The average Bonchev–Trinajstić information content (AvgIpc) is 2.77. The lowest BCUT2D eigenvalue weighted by atomic mass is 10.1. The fraction of sp³-hybridized carbons (Fsp3) is 0.545. The fourth-order valence-electron chi connectivity index (χ4n) is 1.33. The quantitative estimate of drug-likeness (QED) is 0.661. The van der Waals surface area contributed by atoms with Crippen LogP contribution in [-0.2, 0) is 4.74 Å². The normalized spacial score (nSPS) is 24.2. The van der Waals surface area contributed by atoms with E-state index in [4.69, 9.17) is 20.8 Å². The van der Waals surface area contributed by atoms with Crippen LogP contribution in [-0.4, -0.2) is 18.3 Å². The van der Waals surface area contributed by atoms with Gasteiger partial charge in [-0.05, 0) is 12.8 Å². The second-order valence-electron chi connectivity index (χ2n) is 3.69. The van der Waals surface area contributed by atoms with Crippen LogP contribution in [0, 0.1) is 17.2 Å². The number of aliphatic hydroxyl groups is 1. The minimum Gasteiger partial charge on any atom is -0.506 e. The maximum Gasteiger partial charge on any atom is 0.136 e. The number of rotatable bonds is 0. The first-order valence-corrected chi connectivity index (χ1v) is 5.14. The Morgan fingerprint density at radius 3 is 2.69 bits per heavy atom. The van der Waals surface area contributed by atoms with Gasteiger partial charge in [0, 0.05) is 19.1 Å². The van der Waals surface area contributed by atoms with E-state index in [0.29, 0.717) is 25.1 Å². The summed E-state index contributed by atoms with van der Waals surface area (Å²) in [6.45, 7) is 1.43. The molecule has 16 heavy (non-hydrogen) atoms. The van der Waals surface area contributed by atoms with Crippen LogP contribution in [0.15, 0.2) is 23.4 Å². The number of aliphatic hydroxyl groups excluding tert-OH is 1. The highest BCUT2D eigenvalue weighted by molar-refractivity contribution is 5.23. The van der Waals surface area contributed by atoms with Crippen molar-refractivity contribution in [2.24, 2.45) is 11.7 Å². The van der Waals surface area contributed by atoms with Gasteiger partial charge < -0.3 is 15.6 Å². The average molecular weight is 226 g/mol. The number of nitrogens with zero attached hydrogens (tertiary/aromatic N) is 1. The zero-order chi connectivity index (χ0) is 12.0. The van der Waals surface area contributed by atoms with E-state index in [-0.39, 0.29) is 17.5 Å². The Hall–Kier alpha value is -1.54. The highest BCUT2D eigenvalue weighted by atomic mass is 19.1. The second kappa shape index (κ2) is 6.13. The van der Waals surface area contributed by atoms with Gasteiger partial charge in [-0.1, -0.05) is 0 Å². The first-order valence-electron chi connectivity index (χ1n) is 5.14. The van der Waals surface area contributed by atoms with Gasteiger partial charge in [0.1, 0.15) is 11.6 Å². The molecule has 2 rings (SSSR count). The third-order valence-electron chi connectivity index (χ3n) is 2.37. The van der Waals surface area contributed by atoms with Gasteiger partial charge in [0.15, 0.2) is 0 Å². The molecule has 1 atom stereocenters. The Balaban J connectivity index is 0.000000165. The van der Waals surface area contributed by atoms with Crippen molar-refractivity contribution >= 4 is 0 Å². The van der Waals surface area contributed by atoms with Crippen molar-refractivity contribution in [3.63, 3.8) is 0 Å². The summed E-state index contributed by atoms with van der Waals surface area (Å²) in [7, 11) is 0. The fourth-order valence-corrected chi connectivity index (χ4v) is 1.33. The van der Waals surface area contributed by atoms with Crippen LogP contribution < -0.4 is 5.73 Å². The molecule has 1 aliphatic heterocycles. The third-order valence-corrected chi connectivity index (χ3v) is 2.37. The van der Waals surface area contributed by atoms with Crippen LogP contribution in [0.25, 0.3) is 0 Å². The molecule has 0 saturated carbocycles. The number of allylic oxidation sites excluding steroid dienone is 3. The molecule has 0 bridgehead atoms. The standard InChI is InChI=1S/C6H8FNO.C5H7NO/c7-4-1-2-5(8)6(9)3-4;6-3-5-1-2-7-4-5/h3,9H,1-2,8H2;5H,1-2,4H2. The Kier molecular flexibility index (Phi) is 4.80. The van der Waals surface area contributed by atoms with Gasteiger partial charge in [0.25, 0.3) is 0 Å². The Bertz CT molecular complexity index is 338. The molecule has 4 nitrogen and oxygen atoms in total. The molecule has 1 saturated heterocycles. The molecule has 0 spiro atoms. The zero-order valence-electron chi connectivity index (χ0n) is 8.95. The lowest BCUT2D eigenvalue weighted by molar-refractivity contribution is 0.192. The van der Waals surface area contributed by atoms with Crippen LogP contribution in [0.3, 0.4) is 0 Å². The lowest BCUT2D eigenvalue weighted by Crippen LogP contribution is -2.05. The van der Waals surface area contributed by atoms with Crippen LogP contribution in [0.1, 0.15) is 19.3 Å². The van der Waals surface area contributed by atoms with E-state index >= 15 is 0 Å². The number of nitrogens with two attached hydrogens (primary N) is 1. The zero-order valence-corrected chi connectivity index (χ0v) is 8.95. The molecule has 0 amide bonds. The van der Waals surface area contributed by atoms with Gasteiger partial charge in [-0.15, -0.1) is 0 Å². The van der Waals surface area contributed by atoms with E-state index in [1.165, 1.54) is 0 Å². The van der Waals surface area contributed by atoms with Gasteiger partial charge in [-0.2, -0.15) is 5.26 Å². The summed E-state index contributed by atoms with van der Waals surface area (Å²) in [5.41, 5.74) is 5.63. The Morgan fingerprint density at radius 2 is 2.31 bits per heavy atom. The maximum absolute atomic E-state index is 12.2. The van der Waals surface area contributed by atoms with E-state index in [1.807, 2.05) is 0 Å². The molecule has 0 aromatic rings. The summed E-state index contributed by atoms with van der Waals surface area (Å²) in [5.74, 6) is -0.250. The second-order valence-corrected chi connectivity index (χ2v) is 3.69. The van der Waals surface area contributed by atoms with Crippen molar-refractivity contribution in [3.05, 3.63) is 23.4 Å². The molecule has 0 aromatic carbocycles. The topological polar surface area (TPSA) is 79.3 Å². The van der Waals surface area contributed by atoms with Crippen LogP contribution >= 0.6 is 0 Å². The van der Waals surface area contributed by atoms with Crippen molar-refractivity contribution in [2.45, 2.75) is 19.3 Å². The van der Waals surface area contributed by atoms with E-state index in [2.05, 4.69) is 6.07 Å². The van der Waals surface area contributed by atoms with Gasteiger partial charge in [0.2, 0.25) is 0 Å². The molecule has 0 aromatic heterocycles. The van der Waals surface area contributed by atoms with Crippen molar-refractivity contribution in [1.82, 2.24) is 0 Å². The van der Waals surface area contributed by atoms with Gasteiger partial charge in [-0.3, -0.25) is 0 Å². The molecule has 5 heteroatoms. The molecule has 1 heterocycles. The van der Waals surface area contributed by atoms with Crippen molar-refractivity contribution in [2.75, 3.05) is 13.2 Å². The van der Waals surface area contributed by atoms with E-state index in [0.717, 1.165) is 19.1 Å². The summed E-state index contributed by atoms with van der Waals surface area (Å²) in [6.07, 6.45) is 2.72. The molecular formula is C11H15FN2O2. The van der Waals surface area contributed by atoms with Crippen molar-refractivity contribution in [1.29, 1.82) is 5.26 Å². The van der Waals surface area contributed by atoms with E-state index in [9.17, 15) is 4.39 Å². The predicted octanol–water partition coefficient (Wildman–Crippen LogP) is 1.91. The number of ether oxygens (including phenoxy) is 1. The number of nitriles is 1. The minimum absolute atomic E-state index is 0.126. The molecule has 1 unspecified atom stereocenters. The van der Waals surface area contributed by atoms with Crippen molar-refractivity contribution in [3.8, 4) is 6.07 Å². The molecule has 1 aliphatic carbocycles. The molecular weight excluding hydrogens is 211 g/mol. The first-order chi connectivity index (χ1) is 7.63. The number of halogens is 1. The first kappa shape index (κ1) is 12.5. The van der Waals surface area contributed by atoms with Gasteiger partial charge in [-0.25, -0.2) is 4.39 Å². The van der Waals surface area contributed by atoms with Crippen LogP contribution in [0.4, 0.5) is 4.39 Å².